The van der Waals surface area contributed by atoms with E-state index in [0.717, 1.165) is 0 Å². The number of hydrogen-bond donors (Lipinski definition) is 3. The van der Waals surface area contributed by atoms with Gasteiger partial charge in [0.1, 0.15) is 6.04 Å². The zero-order valence-corrected chi connectivity index (χ0v) is 17.5. The van der Waals surface area contributed by atoms with Gasteiger partial charge in [-0.05, 0) is 12.8 Å². The molecule has 120 valence electrons. The first-order valence-corrected chi connectivity index (χ1v) is 6.08. The first-order valence-electron chi connectivity index (χ1n) is 6.08. The summed E-state index contributed by atoms with van der Waals surface area (Å²) >= 11 is 0. The van der Waals surface area contributed by atoms with Crippen LogP contribution in [0.15, 0.2) is 4.99 Å². The third-order valence-corrected chi connectivity index (χ3v) is 2.64. The summed E-state index contributed by atoms with van der Waals surface area (Å²) in [5.74, 6) is -4.58. The second-order valence-electron chi connectivity index (χ2n) is 4.41. The van der Waals surface area contributed by atoms with E-state index in [0.29, 0.717) is 6.42 Å². The van der Waals surface area contributed by atoms with Gasteiger partial charge >= 0.3 is 65.1 Å². The van der Waals surface area contributed by atoms with Crippen molar-refractivity contribution in [2.24, 2.45) is 16.5 Å². The smallest absolute Gasteiger partial charge is 0.550 e. The summed E-state index contributed by atoms with van der Waals surface area (Å²) in [6, 6.07) is -2.63. The van der Waals surface area contributed by atoms with Crippen molar-refractivity contribution in [2.75, 3.05) is 13.6 Å². The minimum Gasteiger partial charge on any atom is -0.550 e. The minimum absolute atomic E-state index is 0. The Morgan fingerprint density at radius 1 is 1.26 bits per heavy atom. The Hall–Kier alpha value is -0.360. The van der Waals surface area contributed by atoms with Crippen LogP contribution in [0.25, 0.3) is 0 Å². The van der Waals surface area contributed by atoms with E-state index in [1.807, 2.05) is 0 Å². The van der Waals surface area contributed by atoms with Gasteiger partial charge in [-0.1, -0.05) is 0 Å². The van der Waals surface area contributed by atoms with Crippen LogP contribution in [-0.2, 0) is 14.4 Å². The molecule has 0 aliphatic heterocycles. The number of guanidine groups is 1. The van der Waals surface area contributed by atoms with Crippen molar-refractivity contribution in [3.05, 3.63) is 0 Å². The number of carboxylic acids is 3. The monoisotopic (exact) mass is 348 g/mol. The van der Waals surface area contributed by atoms with Crippen molar-refractivity contribution in [1.29, 1.82) is 0 Å². The Balaban J connectivity index is -0.00000200. The Morgan fingerprint density at radius 2 is 1.78 bits per heavy atom. The van der Waals surface area contributed by atoms with Crippen molar-refractivity contribution in [3.63, 3.8) is 0 Å². The van der Waals surface area contributed by atoms with Crippen LogP contribution in [0.1, 0.15) is 19.3 Å². The normalized spacial score (nSPS) is 13.0. The Bertz CT molecular complexity index is 435. The molecule has 5 N–H and O–H groups in total. The van der Waals surface area contributed by atoms with E-state index in [4.69, 9.17) is 16.6 Å². The summed E-state index contributed by atoms with van der Waals surface area (Å²) in [6.07, 6.45) is -0.257. The first-order chi connectivity index (χ1) is 9.65. The summed E-state index contributed by atoms with van der Waals surface area (Å²) in [5, 5.41) is 29.7. The van der Waals surface area contributed by atoms with E-state index in [1.54, 1.807) is 0 Å². The van der Waals surface area contributed by atoms with Crippen LogP contribution >= 0.6 is 0 Å². The van der Waals surface area contributed by atoms with Crippen LogP contribution in [0.5, 0.6) is 0 Å². The van der Waals surface area contributed by atoms with Gasteiger partial charge in [-0.3, -0.25) is 4.79 Å². The SMILES string of the molecule is CN(CCC[C@H](N)C(=O)O)C(N)=NC(CC(=O)[O-])C(=O)[O-].[Na+].[Na+]. The van der Waals surface area contributed by atoms with Crippen molar-refractivity contribution < 1.29 is 88.8 Å². The van der Waals surface area contributed by atoms with Gasteiger partial charge in [0.25, 0.3) is 0 Å². The quantitative estimate of drug-likeness (QED) is 0.207. The molecule has 10 nitrogen and oxygen atoms in total. The zero-order valence-electron chi connectivity index (χ0n) is 13.5. The Labute approximate surface area is 177 Å². The van der Waals surface area contributed by atoms with Gasteiger partial charge in [-0.15, -0.1) is 0 Å². The van der Waals surface area contributed by atoms with Gasteiger partial charge in [-0.2, -0.15) is 0 Å². The molecule has 0 amide bonds. The van der Waals surface area contributed by atoms with Crippen LogP contribution in [0.3, 0.4) is 0 Å². The number of aliphatic imine (C=N–C) groups is 1. The maximum atomic E-state index is 10.7. The molecular formula is C11H18N4Na2O6. The molecule has 0 fully saturated rings. The molecule has 0 bridgehead atoms. The predicted molar refractivity (Wildman–Crippen MR) is 67.5 cm³/mol. The number of carboxylic acid groups (broad SMARTS) is 3. The summed E-state index contributed by atoms with van der Waals surface area (Å²) in [7, 11) is 1.50. The molecule has 0 aromatic carbocycles. The number of carbonyl (C=O) groups is 3. The van der Waals surface area contributed by atoms with Crippen LogP contribution in [0.2, 0.25) is 0 Å². The van der Waals surface area contributed by atoms with Crippen LogP contribution in [0, 0.1) is 0 Å². The molecule has 12 heteroatoms. The molecular weight excluding hydrogens is 330 g/mol. The van der Waals surface area contributed by atoms with Gasteiger partial charge in [-0.25, -0.2) is 4.99 Å². The number of nitrogens with two attached hydrogens (primary N) is 2. The molecule has 0 aromatic rings. The Morgan fingerprint density at radius 3 is 2.17 bits per heavy atom. The second-order valence-corrected chi connectivity index (χ2v) is 4.41. The zero-order chi connectivity index (χ0) is 16.6. The molecule has 0 aromatic heterocycles. The molecule has 0 spiro atoms. The molecule has 0 rings (SSSR count). The fourth-order valence-corrected chi connectivity index (χ4v) is 1.38. The van der Waals surface area contributed by atoms with E-state index < -0.39 is 36.4 Å². The van der Waals surface area contributed by atoms with Crippen molar-refractivity contribution >= 4 is 23.9 Å². The number of carbonyl (C=O) groups excluding carboxylic acids is 2. The molecule has 0 aliphatic carbocycles. The third kappa shape index (κ3) is 12.7. The molecule has 0 aliphatic rings. The van der Waals surface area contributed by atoms with Crippen molar-refractivity contribution in [3.8, 4) is 0 Å². The summed E-state index contributed by atoms with van der Waals surface area (Å²) < 4.78 is 0. The predicted octanol–water partition coefficient (Wildman–Crippen LogP) is -10.3. The fraction of sp³-hybridized carbons (Fsp3) is 0.636. The largest absolute Gasteiger partial charge is 1.00 e. The van der Waals surface area contributed by atoms with Crippen LogP contribution in [0.4, 0.5) is 0 Å². The van der Waals surface area contributed by atoms with E-state index >= 15 is 0 Å². The fourth-order valence-electron chi connectivity index (χ4n) is 1.38. The molecule has 0 saturated heterocycles. The number of rotatable bonds is 9. The van der Waals surface area contributed by atoms with Gasteiger partial charge in [0.15, 0.2) is 5.96 Å². The number of nitrogens with zero attached hydrogens (tertiary/aromatic N) is 2. The van der Waals surface area contributed by atoms with E-state index in [-0.39, 0.29) is 78.0 Å². The summed E-state index contributed by atoms with van der Waals surface area (Å²) in [4.78, 5) is 36.5. The molecule has 2 atom stereocenters. The average Bonchev–Trinajstić information content (AvgIpc) is 2.36. The van der Waals surface area contributed by atoms with Crippen molar-refractivity contribution in [1.82, 2.24) is 4.90 Å². The van der Waals surface area contributed by atoms with Gasteiger partial charge in [0.05, 0.1) is 12.0 Å². The maximum Gasteiger partial charge on any atom is 1.00 e. The minimum atomic E-state index is -1.68. The topological polar surface area (TPSA) is 185 Å². The summed E-state index contributed by atoms with van der Waals surface area (Å²) in [6.45, 7) is 0.279. The standard InChI is InChI=1S/C11H20N4O6.2Na/c1-15(4-2-3-6(12)9(18)19)11(13)14-7(10(20)21)5-8(16)17;;/h6-7H,2-5,12H2,1H3,(H2,13,14)(H,16,17)(H,18,19)(H,20,21);;/q;2*+1/p-2/t6-,7?;;/m0../s1. The van der Waals surface area contributed by atoms with Crippen LogP contribution < -0.4 is 80.8 Å². The van der Waals surface area contributed by atoms with Gasteiger partial charge < -0.3 is 41.3 Å². The molecule has 23 heavy (non-hydrogen) atoms. The average molecular weight is 348 g/mol. The number of aliphatic carboxylic acids is 3. The molecule has 1 unspecified atom stereocenters. The maximum absolute atomic E-state index is 10.7. The van der Waals surface area contributed by atoms with E-state index in [1.165, 1.54) is 11.9 Å². The summed E-state index contributed by atoms with van der Waals surface area (Å²) in [5.41, 5.74) is 10.8. The molecule has 0 heterocycles. The molecule has 0 saturated carbocycles. The van der Waals surface area contributed by atoms with E-state index in [2.05, 4.69) is 4.99 Å². The second kappa shape index (κ2) is 14.0. The Kier molecular flexibility index (Phi) is 16.8. The van der Waals surface area contributed by atoms with E-state index in [9.17, 15) is 24.6 Å². The number of hydrogen-bond acceptors (Lipinski definition) is 7. The van der Waals surface area contributed by atoms with Gasteiger partial charge in [0.2, 0.25) is 0 Å². The van der Waals surface area contributed by atoms with Crippen molar-refractivity contribution in [2.45, 2.75) is 31.3 Å². The van der Waals surface area contributed by atoms with Gasteiger partial charge in [0, 0.05) is 26.0 Å². The third-order valence-electron chi connectivity index (χ3n) is 2.64. The first kappa shape index (κ1) is 27.5. The van der Waals surface area contributed by atoms with Crippen LogP contribution in [-0.4, -0.2) is 59.6 Å². The molecule has 0 radical (unpaired) electrons.